The molecular formula is C19H18ClN3O5S3. The van der Waals surface area contributed by atoms with E-state index in [1.54, 1.807) is 6.08 Å². The Morgan fingerprint density at radius 2 is 2.00 bits per heavy atom. The van der Waals surface area contributed by atoms with E-state index in [4.69, 9.17) is 11.6 Å². The molecule has 12 heteroatoms. The zero-order valence-corrected chi connectivity index (χ0v) is 19.7. The van der Waals surface area contributed by atoms with Gasteiger partial charge in [0, 0.05) is 37.6 Å². The number of hydrogen-bond acceptors (Lipinski definition) is 7. The smallest absolute Gasteiger partial charge is 0.293 e. The van der Waals surface area contributed by atoms with Gasteiger partial charge in [0.15, 0.2) is 0 Å². The Bertz CT molecular complexity index is 1160. The van der Waals surface area contributed by atoms with Gasteiger partial charge in [-0.15, -0.1) is 11.3 Å². The maximum atomic E-state index is 12.5. The number of anilines is 1. The van der Waals surface area contributed by atoms with Crippen LogP contribution in [-0.4, -0.2) is 55.3 Å². The molecule has 2 heterocycles. The third-order valence-corrected chi connectivity index (χ3v) is 8.25. The van der Waals surface area contributed by atoms with Crippen molar-refractivity contribution >= 4 is 73.5 Å². The van der Waals surface area contributed by atoms with Gasteiger partial charge in [-0.1, -0.05) is 17.7 Å². The molecule has 3 amide bonds. The Morgan fingerprint density at radius 1 is 1.26 bits per heavy atom. The molecular weight excluding hydrogens is 482 g/mol. The van der Waals surface area contributed by atoms with Gasteiger partial charge in [-0.3, -0.25) is 19.3 Å². The highest BCUT2D eigenvalue weighted by molar-refractivity contribution is 8.18. The number of rotatable bonds is 7. The predicted molar refractivity (Wildman–Crippen MR) is 123 cm³/mol. The van der Waals surface area contributed by atoms with Crippen LogP contribution in [0.15, 0.2) is 45.5 Å². The number of nitrogens with zero attached hydrogens (tertiary/aromatic N) is 2. The zero-order valence-electron chi connectivity index (χ0n) is 16.5. The van der Waals surface area contributed by atoms with Crippen LogP contribution in [0.25, 0.3) is 6.08 Å². The number of thioether (sulfide) groups is 1. The maximum Gasteiger partial charge on any atom is 0.293 e. The number of carbonyl (C=O) groups is 3. The van der Waals surface area contributed by atoms with Crippen LogP contribution in [0.2, 0.25) is 5.02 Å². The first-order valence-electron chi connectivity index (χ1n) is 8.90. The lowest BCUT2D eigenvalue weighted by atomic mass is 10.3. The normalized spacial score (nSPS) is 15.9. The van der Waals surface area contributed by atoms with Crippen molar-refractivity contribution in [3.8, 4) is 0 Å². The second-order valence-corrected chi connectivity index (χ2v) is 11.1. The molecule has 31 heavy (non-hydrogen) atoms. The Kier molecular flexibility index (Phi) is 7.22. The SMILES string of the molecule is CN(C)S(=O)(=O)c1cc(NC(=O)CCN2C(=O)S/C(=C/c3cccs3)C2=O)ccc1Cl. The van der Waals surface area contributed by atoms with Gasteiger partial charge in [0.05, 0.1) is 9.93 Å². The Balaban J connectivity index is 1.64. The van der Waals surface area contributed by atoms with E-state index in [-0.39, 0.29) is 28.6 Å². The van der Waals surface area contributed by atoms with Crippen molar-refractivity contribution < 1.29 is 22.8 Å². The highest BCUT2D eigenvalue weighted by Crippen LogP contribution is 2.33. The summed E-state index contributed by atoms with van der Waals surface area (Å²) in [6, 6.07) is 7.79. The van der Waals surface area contributed by atoms with Gasteiger partial charge >= 0.3 is 0 Å². The van der Waals surface area contributed by atoms with Gasteiger partial charge in [0.2, 0.25) is 15.9 Å². The largest absolute Gasteiger partial charge is 0.326 e. The second-order valence-electron chi connectivity index (χ2n) is 6.58. The molecule has 8 nitrogen and oxygen atoms in total. The summed E-state index contributed by atoms with van der Waals surface area (Å²) in [7, 11) is -1.04. The topological polar surface area (TPSA) is 104 Å². The van der Waals surface area contributed by atoms with Crippen LogP contribution in [-0.2, 0) is 19.6 Å². The predicted octanol–water partition coefficient (Wildman–Crippen LogP) is 3.72. The second kappa shape index (κ2) is 9.53. The number of carbonyl (C=O) groups excluding carboxylic acids is 3. The van der Waals surface area contributed by atoms with Gasteiger partial charge in [-0.05, 0) is 47.5 Å². The third kappa shape index (κ3) is 5.36. The summed E-state index contributed by atoms with van der Waals surface area (Å²) in [6.45, 7) is -0.0886. The molecule has 1 saturated heterocycles. The Labute approximate surface area is 192 Å². The van der Waals surface area contributed by atoms with Crippen LogP contribution >= 0.6 is 34.7 Å². The molecule has 1 aliphatic rings. The standard InChI is InChI=1S/C19H18ClN3O5S3/c1-22(2)31(27,28)16-10-12(5-6-14(16)20)21-17(24)7-8-23-18(25)15(30-19(23)26)11-13-4-3-9-29-13/h3-6,9-11H,7-8H2,1-2H3,(H,21,24)/b15-11+. The van der Waals surface area contributed by atoms with Crippen molar-refractivity contribution in [3.63, 3.8) is 0 Å². The highest BCUT2D eigenvalue weighted by atomic mass is 35.5. The van der Waals surface area contributed by atoms with Gasteiger partial charge in [-0.25, -0.2) is 12.7 Å². The summed E-state index contributed by atoms with van der Waals surface area (Å²) >= 11 is 8.28. The number of benzene rings is 1. The van der Waals surface area contributed by atoms with E-state index in [9.17, 15) is 22.8 Å². The number of sulfonamides is 1. The van der Waals surface area contributed by atoms with E-state index in [2.05, 4.69) is 5.32 Å². The molecule has 0 unspecified atom stereocenters. The molecule has 1 aliphatic heterocycles. The van der Waals surface area contributed by atoms with E-state index < -0.39 is 27.1 Å². The number of nitrogens with one attached hydrogen (secondary N) is 1. The molecule has 0 bridgehead atoms. The molecule has 0 radical (unpaired) electrons. The highest BCUT2D eigenvalue weighted by Gasteiger charge is 2.35. The van der Waals surface area contributed by atoms with E-state index in [1.165, 1.54) is 43.6 Å². The van der Waals surface area contributed by atoms with Gasteiger partial charge in [-0.2, -0.15) is 0 Å². The average Bonchev–Trinajstić information content (AvgIpc) is 3.30. The fourth-order valence-corrected chi connectivity index (χ4v) is 5.59. The molecule has 3 rings (SSSR count). The third-order valence-electron chi connectivity index (χ3n) is 4.23. The van der Waals surface area contributed by atoms with Crippen LogP contribution in [0, 0.1) is 0 Å². The summed E-state index contributed by atoms with van der Waals surface area (Å²) in [5.41, 5.74) is 0.238. The van der Waals surface area contributed by atoms with E-state index in [1.807, 2.05) is 17.5 Å². The average molecular weight is 500 g/mol. The quantitative estimate of drug-likeness (QED) is 0.582. The fourth-order valence-electron chi connectivity index (χ4n) is 2.61. The molecule has 0 aliphatic carbocycles. The first kappa shape index (κ1) is 23.5. The maximum absolute atomic E-state index is 12.5. The number of imide groups is 1. The molecule has 1 fully saturated rings. The lowest BCUT2D eigenvalue weighted by Gasteiger charge is -2.15. The monoisotopic (exact) mass is 499 g/mol. The molecule has 1 N–H and O–H groups in total. The number of halogens is 1. The fraction of sp³-hybridized carbons (Fsp3) is 0.211. The first-order valence-corrected chi connectivity index (χ1v) is 12.4. The molecule has 0 spiro atoms. The lowest BCUT2D eigenvalue weighted by molar-refractivity contribution is -0.123. The van der Waals surface area contributed by atoms with Crippen molar-refractivity contribution in [3.05, 3.63) is 50.5 Å². The number of thiophene rings is 1. The first-order chi connectivity index (χ1) is 14.6. The summed E-state index contributed by atoms with van der Waals surface area (Å²) in [5.74, 6) is -0.918. The summed E-state index contributed by atoms with van der Waals surface area (Å²) in [6.07, 6.45) is 1.51. The molecule has 2 aromatic rings. The summed E-state index contributed by atoms with van der Waals surface area (Å²) < 4.78 is 25.7. The van der Waals surface area contributed by atoms with Gasteiger partial charge in [0.25, 0.3) is 11.1 Å². The minimum atomic E-state index is -3.79. The van der Waals surface area contributed by atoms with Gasteiger partial charge < -0.3 is 5.32 Å². The lowest BCUT2D eigenvalue weighted by Crippen LogP contribution is -2.31. The molecule has 1 aromatic carbocycles. The van der Waals surface area contributed by atoms with Crippen molar-refractivity contribution in [2.24, 2.45) is 0 Å². The number of amides is 3. The molecule has 1 aromatic heterocycles. The van der Waals surface area contributed by atoms with Crippen LogP contribution in [0.3, 0.4) is 0 Å². The van der Waals surface area contributed by atoms with Crippen molar-refractivity contribution in [2.45, 2.75) is 11.3 Å². The molecule has 0 atom stereocenters. The summed E-state index contributed by atoms with van der Waals surface area (Å²) in [5, 5.41) is 4.03. The van der Waals surface area contributed by atoms with E-state index in [0.29, 0.717) is 4.91 Å². The van der Waals surface area contributed by atoms with Gasteiger partial charge in [0.1, 0.15) is 4.90 Å². The zero-order chi connectivity index (χ0) is 22.8. The van der Waals surface area contributed by atoms with Crippen LogP contribution in [0.5, 0.6) is 0 Å². The minimum Gasteiger partial charge on any atom is -0.326 e. The van der Waals surface area contributed by atoms with E-state index in [0.717, 1.165) is 25.8 Å². The van der Waals surface area contributed by atoms with E-state index >= 15 is 0 Å². The van der Waals surface area contributed by atoms with Crippen molar-refractivity contribution in [2.75, 3.05) is 26.0 Å². The molecule has 0 saturated carbocycles. The molecule has 164 valence electrons. The van der Waals surface area contributed by atoms with Crippen LogP contribution < -0.4 is 5.32 Å². The summed E-state index contributed by atoms with van der Waals surface area (Å²) in [4.78, 5) is 39.0. The van der Waals surface area contributed by atoms with Crippen LogP contribution in [0.1, 0.15) is 11.3 Å². The van der Waals surface area contributed by atoms with Crippen molar-refractivity contribution in [1.82, 2.24) is 9.21 Å². The Morgan fingerprint density at radius 3 is 2.65 bits per heavy atom. The minimum absolute atomic E-state index is 0.0297. The Hall–Kier alpha value is -2.18. The number of hydrogen-bond donors (Lipinski definition) is 1. The van der Waals surface area contributed by atoms with Crippen LogP contribution in [0.4, 0.5) is 10.5 Å². The van der Waals surface area contributed by atoms with Crippen molar-refractivity contribution in [1.29, 1.82) is 0 Å².